The molecule has 2 aromatic carbocycles. The molecular formula is C21H24O3. The van der Waals surface area contributed by atoms with E-state index >= 15 is 0 Å². The van der Waals surface area contributed by atoms with Gasteiger partial charge in [0.15, 0.2) is 5.78 Å². The molecule has 0 fully saturated rings. The van der Waals surface area contributed by atoms with E-state index in [1.165, 1.54) is 12.8 Å². The fraction of sp³-hybridized carbons (Fsp3) is 0.286. The van der Waals surface area contributed by atoms with Gasteiger partial charge < -0.3 is 9.47 Å². The molecule has 3 heteroatoms. The van der Waals surface area contributed by atoms with Crippen molar-refractivity contribution >= 4 is 11.9 Å². The summed E-state index contributed by atoms with van der Waals surface area (Å²) in [7, 11) is 1.56. The molecule has 0 aliphatic rings. The summed E-state index contributed by atoms with van der Waals surface area (Å²) in [5.74, 6) is 1.37. The molecule has 2 aromatic rings. The predicted octanol–water partition coefficient (Wildman–Crippen LogP) is 5.16. The minimum absolute atomic E-state index is 0.0765. The summed E-state index contributed by atoms with van der Waals surface area (Å²) in [6.45, 7) is 2.92. The lowest BCUT2D eigenvalue weighted by Crippen LogP contribution is -1.98. The highest BCUT2D eigenvalue weighted by atomic mass is 16.5. The highest BCUT2D eigenvalue weighted by Crippen LogP contribution is 2.19. The van der Waals surface area contributed by atoms with Gasteiger partial charge in [0, 0.05) is 0 Å². The van der Waals surface area contributed by atoms with E-state index in [9.17, 15) is 4.79 Å². The first-order valence-electron chi connectivity index (χ1n) is 8.33. The lowest BCUT2D eigenvalue weighted by molar-refractivity contribution is 0.104. The number of allylic oxidation sites excluding steroid dienone is 1. The number of rotatable bonds is 9. The van der Waals surface area contributed by atoms with Gasteiger partial charge in [-0.1, -0.05) is 50.1 Å². The molecule has 0 amide bonds. The number of unbranched alkanes of at least 4 members (excludes halogenated alkanes) is 2. The Hall–Kier alpha value is -2.55. The van der Waals surface area contributed by atoms with E-state index in [-0.39, 0.29) is 5.78 Å². The zero-order valence-corrected chi connectivity index (χ0v) is 14.3. The molecule has 0 radical (unpaired) electrons. The van der Waals surface area contributed by atoms with Crippen molar-refractivity contribution in [2.24, 2.45) is 0 Å². The number of hydrogen-bond donors (Lipinski definition) is 0. The molecule has 2 rings (SSSR count). The smallest absolute Gasteiger partial charge is 0.189 e. The molecule has 0 atom stereocenters. The second-order valence-electron chi connectivity index (χ2n) is 5.52. The quantitative estimate of drug-likeness (QED) is 0.363. The first-order valence-corrected chi connectivity index (χ1v) is 8.33. The Bertz CT molecular complexity index is 672. The van der Waals surface area contributed by atoms with Gasteiger partial charge in [-0.25, -0.2) is 0 Å². The molecule has 0 saturated carbocycles. The van der Waals surface area contributed by atoms with Crippen LogP contribution in [0.15, 0.2) is 54.6 Å². The van der Waals surface area contributed by atoms with E-state index in [4.69, 9.17) is 9.47 Å². The highest BCUT2D eigenvalue weighted by molar-refractivity contribution is 6.08. The van der Waals surface area contributed by atoms with Crippen LogP contribution in [0.3, 0.4) is 0 Å². The summed E-state index contributed by atoms with van der Waals surface area (Å²) < 4.78 is 10.9. The Kier molecular flexibility index (Phi) is 7.09. The van der Waals surface area contributed by atoms with Gasteiger partial charge in [0.2, 0.25) is 0 Å². The molecule has 3 nitrogen and oxygen atoms in total. The largest absolute Gasteiger partial charge is 0.496 e. The molecule has 0 saturated heterocycles. The minimum Gasteiger partial charge on any atom is -0.496 e. The van der Waals surface area contributed by atoms with Crippen molar-refractivity contribution < 1.29 is 14.3 Å². The van der Waals surface area contributed by atoms with Crippen LogP contribution >= 0.6 is 0 Å². The van der Waals surface area contributed by atoms with E-state index in [2.05, 4.69) is 6.92 Å². The summed E-state index contributed by atoms with van der Waals surface area (Å²) in [6.07, 6.45) is 6.81. The maximum Gasteiger partial charge on any atom is 0.189 e. The average Bonchev–Trinajstić information content (AvgIpc) is 2.64. The second kappa shape index (κ2) is 9.56. The summed E-state index contributed by atoms with van der Waals surface area (Å²) in [5, 5.41) is 0. The average molecular weight is 324 g/mol. The Morgan fingerprint density at radius 3 is 2.50 bits per heavy atom. The summed E-state index contributed by atoms with van der Waals surface area (Å²) in [5.41, 5.74) is 1.52. The normalized spacial score (nSPS) is 10.8. The number of methoxy groups -OCH3 is 1. The van der Waals surface area contributed by atoms with E-state index < -0.39 is 0 Å². The van der Waals surface area contributed by atoms with Crippen molar-refractivity contribution in [3.8, 4) is 11.5 Å². The van der Waals surface area contributed by atoms with E-state index in [1.807, 2.05) is 36.4 Å². The molecule has 0 aromatic heterocycles. The lowest BCUT2D eigenvalue weighted by atomic mass is 10.1. The van der Waals surface area contributed by atoms with Gasteiger partial charge in [-0.2, -0.15) is 0 Å². The fourth-order valence-electron chi connectivity index (χ4n) is 2.33. The van der Waals surface area contributed by atoms with E-state index in [0.717, 1.165) is 24.3 Å². The van der Waals surface area contributed by atoms with Crippen molar-refractivity contribution in [1.82, 2.24) is 0 Å². The number of carbonyl (C=O) groups excluding carboxylic acids is 1. The third-order valence-corrected chi connectivity index (χ3v) is 3.70. The van der Waals surface area contributed by atoms with E-state index in [0.29, 0.717) is 11.3 Å². The molecule has 0 N–H and O–H groups in total. The van der Waals surface area contributed by atoms with Crippen molar-refractivity contribution in [2.75, 3.05) is 13.7 Å². The van der Waals surface area contributed by atoms with Crippen molar-refractivity contribution in [3.05, 3.63) is 65.7 Å². The van der Waals surface area contributed by atoms with Gasteiger partial charge in [-0.15, -0.1) is 0 Å². The number of benzene rings is 2. The number of ketones is 1. The Morgan fingerprint density at radius 1 is 1.04 bits per heavy atom. The van der Waals surface area contributed by atoms with Crippen LogP contribution in [0.5, 0.6) is 11.5 Å². The zero-order valence-electron chi connectivity index (χ0n) is 14.3. The maximum atomic E-state index is 12.3. The van der Waals surface area contributed by atoms with Crippen LogP contribution < -0.4 is 9.47 Å². The SMILES string of the molecule is CCCCCOc1ccc(/C=C/C(=O)c2ccccc2OC)cc1. The molecule has 0 spiro atoms. The summed E-state index contributed by atoms with van der Waals surface area (Å²) >= 11 is 0. The molecule has 24 heavy (non-hydrogen) atoms. The maximum absolute atomic E-state index is 12.3. The van der Waals surface area contributed by atoms with E-state index in [1.54, 1.807) is 31.4 Å². The van der Waals surface area contributed by atoms with Crippen LogP contribution in [0.4, 0.5) is 0 Å². The van der Waals surface area contributed by atoms with Crippen LogP contribution in [0, 0.1) is 0 Å². The van der Waals surface area contributed by atoms with Crippen LogP contribution in [0.25, 0.3) is 6.08 Å². The first kappa shape index (κ1) is 17.8. The van der Waals surface area contributed by atoms with Gasteiger partial charge in [0.1, 0.15) is 11.5 Å². The lowest BCUT2D eigenvalue weighted by Gasteiger charge is -2.06. The van der Waals surface area contributed by atoms with Gasteiger partial charge in [-0.05, 0) is 42.3 Å². The third-order valence-electron chi connectivity index (χ3n) is 3.70. The van der Waals surface area contributed by atoms with Crippen molar-refractivity contribution in [1.29, 1.82) is 0 Å². The monoisotopic (exact) mass is 324 g/mol. The van der Waals surface area contributed by atoms with Crippen molar-refractivity contribution in [3.63, 3.8) is 0 Å². The van der Waals surface area contributed by atoms with Crippen LogP contribution in [0.2, 0.25) is 0 Å². The van der Waals surface area contributed by atoms with Gasteiger partial charge in [-0.3, -0.25) is 4.79 Å². The van der Waals surface area contributed by atoms with Gasteiger partial charge in [0.25, 0.3) is 0 Å². The molecule has 0 heterocycles. The number of para-hydroxylation sites is 1. The molecule has 0 unspecified atom stereocenters. The summed E-state index contributed by atoms with van der Waals surface area (Å²) in [6, 6.07) is 15.0. The van der Waals surface area contributed by atoms with Crippen LogP contribution in [0.1, 0.15) is 42.1 Å². The predicted molar refractivity (Wildman–Crippen MR) is 97.8 cm³/mol. The van der Waals surface area contributed by atoms with Gasteiger partial charge in [0.05, 0.1) is 19.3 Å². The Morgan fingerprint density at radius 2 is 1.79 bits per heavy atom. The molecule has 126 valence electrons. The molecule has 0 aliphatic heterocycles. The Balaban J connectivity index is 1.95. The third kappa shape index (κ3) is 5.27. The zero-order chi connectivity index (χ0) is 17.2. The number of carbonyl (C=O) groups is 1. The fourth-order valence-corrected chi connectivity index (χ4v) is 2.33. The summed E-state index contributed by atoms with van der Waals surface area (Å²) in [4.78, 5) is 12.3. The minimum atomic E-state index is -0.0765. The second-order valence-corrected chi connectivity index (χ2v) is 5.52. The molecular weight excluding hydrogens is 300 g/mol. The topological polar surface area (TPSA) is 35.5 Å². The van der Waals surface area contributed by atoms with Crippen LogP contribution in [-0.4, -0.2) is 19.5 Å². The Labute approximate surface area is 143 Å². The molecule has 0 aliphatic carbocycles. The standard InChI is InChI=1S/C21H24O3/c1-3-4-7-16-24-18-13-10-17(11-14-18)12-15-20(22)19-8-5-6-9-21(19)23-2/h5-6,8-15H,3-4,7,16H2,1-2H3/b15-12+. The highest BCUT2D eigenvalue weighted by Gasteiger charge is 2.07. The van der Waals surface area contributed by atoms with Crippen molar-refractivity contribution in [2.45, 2.75) is 26.2 Å². The number of hydrogen-bond acceptors (Lipinski definition) is 3. The van der Waals surface area contributed by atoms with Crippen LogP contribution in [-0.2, 0) is 0 Å². The van der Waals surface area contributed by atoms with Gasteiger partial charge >= 0.3 is 0 Å². The first-order chi connectivity index (χ1) is 11.7. The number of ether oxygens (including phenoxy) is 2. The molecule has 0 bridgehead atoms.